The van der Waals surface area contributed by atoms with E-state index in [9.17, 15) is 27.9 Å². The monoisotopic (exact) mass is 1120 g/mol. The van der Waals surface area contributed by atoms with Crippen LogP contribution in [0.2, 0.25) is 5.02 Å². The van der Waals surface area contributed by atoms with Gasteiger partial charge >= 0.3 is 0 Å². The molecule has 0 unspecified atom stereocenters. The first-order valence-electron chi connectivity index (χ1n) is 25.9. The minimum absolute atomic E-state index is 0.0258. The largest absolute Gasteiger partial charge is 0.494 e. The van der Waals surface area contributed by atoms with Gasteiger partial charge in [0.25, 0.3) is 5.91 Å². The number of rotatable bonds is 18. The summed E-state index contributed by atoms with van der Waals surface area (Å²) < 4.78 is 47.8. The highest BCUT2D eigenvalue weighted by Crippen LogP contribution is 2.38. The molecule has 77 heavy (non-hydrogen) atoms. The van der Waals surface area contributed by atoms with Crippen molar-refractivity contribution in [2.45, 2.75) is 89.1 Å². The minimum Gasteiger partial charge on any atom is -0.494 e. The number of halogens is 2. The molecule has 3 aliphatic heterocycles. The zero-order chi connectivity index (χ0) is 55.3. The second-order valence-corrected chi connectivity index (χ2v) is 25.1. The topological polar surface area (TPSA) is 218 Å². The van der Waals surface area contributed by atoms with Gasteiger partial charge in [0.15, 0.2) is 15.7 Å². The molecule has 3 aromatic carbocycles. The van der Waals surface area contributed by atoms with E-state index >= 15 is 4.39 Å². The Bertz CT molecular complexity index is 3020. The maximum atomic E-state index is 16.0. The standard InChI is InChI=1S/C54H70ClFN12O7S2/c1-33(2)77(73,74)46-12-10-9-11-41(46)59-50-39(55)28-57-53(62-50)60-42-26-40(56)43(27-45(42)75-8)67-19-17-35(18-20-67)29-65-21-23-66(24-22-65)31-47(70)61-49(54(4,5)6)52(72)68-30-38(69)25-44(68)51(71)63-64(7)37-15-13-36(14-16-37)48-34(3)58-32-76-48/h9-16,26-28,32-33,35,38,44,49,69H,17-25,29-31H2,1-8H3,(H,61,70)(H,63,71)(H2,57,59,60,62)/t38-,44+,49-/m1/s1. The molecular formula is C54H70ClFN12O7S2. The summed E-state index contributed by atoms with van der Waals surface area (Å²) in [5.74, 6) is -0.572. The summed E-state index contributed by atoms with van der Waals surface area (Å²) in [6.07, 6.45) is 2.26. The number of amides is 3. The molecule has 19 nitrogen and oxygen atoms in total. The van der Waals surface area contributed by atoms with Crippen molar-refractivity contribution in [2.24, 2.45) is 11.3 Å². The van der Waals surface area contributed by atoms with Crippen molar-refractivity contribution in [3.63, 3.8) is 0 Å². The van der Waals surface area contributed by atoms with Crippen LogP contribution in [0.5, 0.6) is 5.75 Å². The van der Waals surface area contributed by atoms with E-state index in [1.807, 2.05) is 56.9 Å². The Hall–Kier alpha value is -6.17. The number of anilines is 6. The van der Waals surface area contributed by atoms with Gasteiger partial charge in [0.05, 0.1) is 74.9 Å². The molecule has 3 aliphatic rings. The normalized spacial score (nSPS) is 18.3. The lowest BCUT2D eigenvalue weighted by Crippen LogP contribution is -2.60. The average Bonchev–Trinajstić information content (AvgIpc) is 4.02. The van der Waals surface area contributed by atoms with E-state index in [4.69, 9.17) is 16.3 Å². The van der Waals surface area contributed by atoms with Crippen molar-refractivity contribution < 1.29 is 37.0 Å². The number of aromatic nitrogens is 3. The van der Waals surface area contributed by atoms with Crippen LogP contribution in [0.1, 0.15) is 59.6 Å². The smallest absolute Gasteiger partial charge is 0.261 e. The number of sulfone groups is 1. The number of hydrogen-bond donors (Lipinski definition) is 5. The van der Waals surface area contributed by atoms with E-state index in [1.54, 1.807) is 67.0 Å². The molecule has 8 rings (SSSR count). The number of piperidine rings is 1. The Morgan fingerprint density at radius 2 is 1.65 bits per heavy atom. The van der Waals surface area contributed by atoms with Crippen LogP contribution in [-0.2, 0) is 24.2 Å². The number of nitrogens with one attached hydrogen (secondary N) is 4. The highest BCUT2D eigenvalue weighted by atomic mass is 35.5. The third-order valence-electron chi connectivity index (χ3n) is 14.5. The predicted octanol–water partition coefficient (Wildman–Crippen LogP) is 6.87. The number of carbonyl (C=O) groups excluding carboxylic acids is 3. The quantitative estimate of drug-likeness (QED) is 0.0566. The van der Waals surface area contributed by atoms with Gasteiger partial charge in [0.2, 0.25) is 17.8 Å². The zero-order valence-electron chi connectivity index (χ0n) is 44.8. The molecule has 0 saturated carbocycles. The van der Waals surface area contributed by atoms with Crippen LogP contribution in [0, 0.1) is 24.1 Å². The Balaban J connectivity index is 0.799. The lowest BCUT2D eigenvalue weighted by atomic mass is 9.85. The van der Waals surface area contributed by atoms with Crippen LogP contribution in [0.4, 0.5) is 38.9 Å². The van der Waals surface area contributed by atoms with Crippen molar-refractivity contribution in [3.05, 3.63) is 88.9 Å². The van der Waals surface area contributed by atoms with E-state index in [-0.39, 0.29) is 47.1 Å². The fraction of sp³-hybridized carbons (Fsp3) is 0.481. The zero-order valence-corrected chi connectivity index (χ0v) is 47.2. The van der Waals surface area contributed by atoms with Crippen molar-refractivity contribution in [1.29, 1.82) is 0 Å². The van der Waals surface area contributed by atoms with Gasteiger partial charge in [-0.05, 0) is 74.8 Å². The molecule has 23 heteroatoms. The number of likely N-dealkylation sites (tertiary alicyclic amines) is 1. The first-order chi connectivity index (χ1) is 36.6. The molecule has 0 bridgehead atoms. The van der Waals surface area contributed by atoms with E-state index in [0.717, 1.165) is 54.3 Å². The lowest BCUT2D eigenvalue weighted by Gasteiger charge is -2.39. The number of methoxy groups -OCH3 is 1. The fourth-order valence-electron chi connectivity index (χ4n) is 9.99. The summed E-state index contributed by atoms with van der Waals surface area (Å²) in [5, 5.41) is 20.9. The van der Waals surface area contributed by atoms with Crippen LogP contribution in [-0.4, -0.2) is 157 Å². The molecule has 5 heterocycles. The highest BCUT2D eigenvalue weighted by Gasteiger charge is 2.45. The van der Waals surface area contributed by atoms with Crippen molar-refractivity contribution in [3.8, 4) is 16.2 Å². The van der Waals surface area contributed by atoms with Gasteiger partial charge in [-0.1, -0.05) is 56.6 Å². The summed E-state index contributed by atoms with van der Waals surface area (Å²) in [7, 11) is -0.407. The predicted molar refractivity (Wildman–Crippen MR) is 299 cm³/mol. The number of ether oxygens (including phenoxy) is 1. The summed E-state index contributed by atoms with van der Waals surface area (Å²) in [4.78, 5) is 63.9. The number of nitrogens with zero attached hydrogens (tertiary/aromatic N) is 8. The molecule has 3 atom stereocenters. The number of benzene rings is 3. The van der Waals surface area contributed by atoms with Crippen LogP contribution in [0.15, 0.2) is 77.3 Å². The maximum absolute atomic E-state index is 16.0. The third-order valence-corrected chi connectivity index (χ3v) is 17.9. The number of thiazole rings is 1. The number of piperazine rings is 1. The van der Waals surface area contributed by atoms with E-state index < -0.39 is 56.3 Å². The second-order valence-electron chi connectivity index (χ2n) is 21.4. The number of β-amino-alcohol motifs (C(OH)–C–C–N with tert-alkyl or cyclic N) is 1. The molecule has 3 saturated heterocycles. The molecule has 3 amide bonds. The van der Waals surface area contributed by atoms with E-state index in [2.05, 4.69) is 46.1 Å². The van der Waals surface area contributed by atoms with Crippen LogP contribution < -0.4 is 36.0 Å². The molecular weight excluding hydrogens is 1050 g/mol. The van der Waals surface area contributed by atoms with Crippen molar-refractivity contribution >= 4 is 85.0 Å². The minimum atomic E-state index is -3.63. The molecule has 5 N–H and O–H groups in total. The molecule has 0 aliphatic carbocycles. The molecule has 0 spiro atoms. The Labute approximate surface area is 459 Å². The fourth-order valence-corrected chi connectivity index (χ4v) is 12.1. The number of para-hydroxylation sites is 1. The van der Waals surface area contributed by atoms with Gasteiger partial charge in [-0.25, -0.2) is 22.8 Å². The number of aryl methyl sites for hydroxylation is 1. The molecule has 0 radical (unpaired) electrons. The summed E-state index contributed by atoms with van der Waals surface area (Å²) in [5.41, 5.74) is 7.72. The summed E-state index contributed by atoms with van der Waals surface area (Å²) in [6, 6.07) is 15.4. The van der Waals surface area contributed by atoms with Gasteiger partial charge < -0.3 is 40.5 Å². The molecule has 3 fully saturated rings. The van der Waals surface area contributed by atoms with Gasteiger partial charge in [-0.2, -0.15) is 4.98 Å². The summed E-state index contributed by atoms with van der Waals surface area (Å²) in [6.45, 7) is 15.9. The van der Waals surface area contributed by atoms with Gasteiger partial charge in [-0.15, -0.1) is 11.3 Å². The SMILES string of the molecule is COc1cc(N2CCC(CN3CCN(CC(=O)N[C@H](C(=O)N4C[C@H](O)C[C@H]4C(=O)NN(C)c4ccc(-c5scnc5C)cc4)C(C)(C)C)CC3)CC2)c(F)cc1Nc1ncc(Cl)c(Nc2ccccc2S(=O)(=O)C(C)C)n1. The first kappa shape index (κ1) is 57.0. The molecule has 5 aromatic rings. The Morgan fingerprint density at radius 1 is 0.961 bits per heavy atom. The number of aliphatic hydroxyl groups is 1. The van der Waals surface area contributed by atoms with Crippen molar-refractivity contribution in [2.75, 3.05) is 93.6 Å². The van der Waals surface area contributed by atoms with Crippen LogP contribution >= 0.6 is 22.9 Å². The van der Waals surface area contributed by atoms with Gasteiger partial charge in [-0.3, -0.25) is 29.7 Å². The number of hydrogen-bond acceptors (Lipinski definition) is 17. The van der Waals surface area contributed by atoms with E-state index in [0.29, 0.717) is 54.9 Å². The Morgan fingerprint density at radius 3 is 2.30 bits per heavy atom. The van der Waals surface area contributed by atoms with Crippen LogP contribution in [0.25, 0.3) is 10.4 Å². The third kappa shape index (κ3) is 13.6. The summed E-state index contributed by atoms with van der Waals surface area (Å²) >= 11 is 8.01. The maximum Gasteiger partial charge on any atom is 0.261 e. The highest BCUT2D eigenvalue weighted by molar-refractivity contribution is 7.92. The number of carbonyl (C=O) groups is 3. The number of hydrazine groups is 1. The van der Waals surface area contributed by atoms with Gasteiger partial charge in [0.1, 0.15) is 28.7 Å². The Kier molecular flexibility index (Phi) is 17.9. The average molecular weight is 1120 g/mol. The van der Waals surface area contributed by atoms with E-state index in [1.165, 1.54) is 30.3 Å². The van der Waals surface area contributed by atoms with Gasteiger partial charge in [0, 0.05) is 78.0 Å². The second kappa shape index (κ2) is 24.2. The lowest BCUT2D eigenvalue weighted by molar-refractivity contribution is -0.144. The molecule has 414 valence electrons. The first-order valence-corrected chi connectivity index (χ1v) is 28.7. The van der Waals surface area contributed by atoms with Crippen molar-refractivity contribution in [1.82, 2.24) is 40.4 Å². The number of aliphatic hydroxyl groups excluding tert-OH is 1. The van der Waals surface area contributed by atoms with Crippen LogP contribution in [0.3, 0.4) is 0 Å². The molecule has 2 aromatic heterocycles.